The first kappa shape index (κ1) is 15.0. The summed E-state index contributed by atoms with van der Waals surface area (Å²) in [5.41, 5.74) is -2.35. The zero-order valence-electron chi connectivity index (χ0n) is 11.3. The fourth-order valence-electron chi connectivity index (χ4n) is 2.17. The maximum Gasteiger partial charge on any atom is 0.465 e. The number of Topliss-reactive ketones (excluding diaryl/α,β-unsaturated/α-hetero) is 1. The Kier molecular flexibility index (Phi) is 3.99. The number of carbonyl (C=O) groups is 1. The first-order valence-corrected chi connectivity index (χ1v) is 6.37. The van der Waals surface area contributed by atoms with Gasteiger partial charge in [0.15, 0.2) is 11.7 Å². The molecule has 2 rings (SSSR count). The number of hydrogen-bond donors (Lipinski definition) is 0. The monoisotopic (exact) mass is 294 g/mol. The number of rotatable bonds is 7. The van der Waals surface area contributed by atoms with E-state index in [1.165, 1.54) is 12.1 Å². The number of nitro groups is 2. The third kappa shape index (κ3) is 2.89. The topological polar surface area (TPSA) is 116 Å². The second-order valence-electron chi connectivity index (χ2n) is 5.08. The molecule has 1 saturated heterocycles. The van der Waals surface area contributed by atoms with Gasteiger partial charge in [-0.3, -0.25) is 25.0 Å². The minimum absolute atomic E-state index is 0.0355. The van der Waals surface area contributed by atoms with Crippen LogP contribution < -0.4 is 0 Å². The van der Waals surface area contributed by atoms with Crippen molar-refractivity contribution in [2.75, 3.05) is 6.61 Å². The molecule has 0 aromatic heterocycles. The van der Waals surface area contributed by atoms with Crippen LogP contribution in [0.1, 0.15) is 23.7 Å². The first-order chi connectivity index (χ1) is 9.87. The molecule has 0 bridgehead atoms. The fraction of sp³-hybridized carbons (Fsp3) is 0.462. The summed E-state index contributed by atoms with van der Waals surface area (Å²) in [7, 11) is 0. The maximum atomic E-state index is 12.5. The van der Waals surface area contributed by atoms with Crippen LogP contribution in [-0.2, 0) is 4.74 Å². The largest absolute Gasteiger partial charge is 0.465 e. The van der Waals surface area contributed by atoms with E-state index >= 15 is 0 Å². The minimum Gasteiger partial charge on any atom is -0.373 e. The highest BCUT2D eigenvalue weighted by molar-refractivity contribution is 5.98. The van der Waals surface area contributed by atoms with Crippen molar-refractivity contribution < 1.29 is 19.4 Å². The molecule has 1 aliphatic heterocycles. The molecule has 0 saturated carbocycles. The molecular formula is C13H14N2O6. The Morgan fingerprint density at radius 1 is 1.33 bits per heavy atom. The van der Waals surface area contributed by atoms with Crippen molar-refractivity contribution in [1.82, 2.24) is 0 Å². The molecule has 1 aliphatic rings. The summed E-state index contributed by atoms with van der Waals surface area (Å²) in [5, 5.41) is 22.4. The molecule has 2 atom stereocenters. The molecule has 112 valence electrons. The zero-order valence-corrected chi connectivity index (χ0v) is 11.3. The second kappa shape index (κ2) is 5.57. The molecular weight excluding hydrogens is 280 g/mol. The van der Waals surface area contributed by atoms with Gasteiger partial charge in [-0.2, -0.15) is 0 Å². The molecule has 0 spiro atoms. The van der Waals surface area contributed by atoms with Crippen molar-refractivity contribution in [2.24, 2.45) is 5.92 Å². The molecule has 1 aromatic carbocycles. The van der Waals surface area contributed by atoms with Crippen molar-refractivity contribution in [3.8, 4) is 0 Å². The van der Waals surface area contributed by atoms with Gasteiger partial charge in [-0.1, -0.05) is 30.3 Å². The lowest BCUT2D eigenvalue weighted by molar-refractivity contribution is -0.798. The maximum absolute atomic E-state index is 12.5. The summed E-state index contributed by atoms with van der Waals surface area (Å²) < 4.78 is 4.98. The van der Waals surface area contributed by atoms with Crippen LogP contribution in [0, 0.1) is 26.1 Å². The van der Waals surface area contributed by atoms with Crippen LogP contribution in [0.2, 0.25) is 0 Å². The first-order valence-electron chi connectivity index (χ1n) is 6.37. The van der Waals surface area contributed by atoms with Gasteiger partial charge in [-0.05, 0) is 0 Å². The van der Waals surface area contributed by atoms with Gasteiger partial charge >= 0.3 is 5.66 Å². The molecule has 8 heteroatoms. The SMILES string of the molecule is CC(C(CC1CO1)C(=O)c1ccccc1)([N+](=O)[O-])[N+](=O)[O-]. The fourth-order valence-corrected chi connectivity index (χ4v) is 2.17. The smallest absolute Gasteiger partial charge is 0.373 e. The van der Waals surface area contributed by atoms with E-state index in [1.807, 2.05) is 0 Å². The molecule has 21 heavy (non-hydrogen) atoms. The van der Waals surface area contributed by atoms with Gasteiger partial charge < -0.3 is 4.74 Å². The summed E-state index contributed by atoms with van der Waals surface area (Å²) in [5.74, 6) is -1.99. The average molecular weight is 294 g/mol. The molecule has 8 nitrogen and oxygen atoms in total. The number of carbonyl (C=O) groups excluding carboxylic acids is 1. The van der Waals surface area contributed by atoms with Crippen molar-refractivity contribution >= 4 is 5.78 Å². The summed E-state index contributed by atoms with van der Waals surface area (Å²) in [6, 6.07) is 7.88. The number of hydrogen-bond acceptors (Lipinski definition) is 6. The van der Waals surface area contributed by atoms with E-state index in [0.29, 0.717) is 6.61 Å². The van der Waals surface area contributed by atoms with E-state index < -0.39 is 27.2 Å². The summed E-state index contributed by atoms with van der Waals surface area (Å²) in [6.07, 6.45) is -0.367. The zero-order chi connectivity index (χ0) is 15.6. The normalized spacial score (nSPS) is 18.8. The summed E-state index contributed by atoms with van der Waals surface area (Å²) >= 11 is 0. The van der Waals surface area contributed by atoms with Gasteiger partial charge in [-0.25, -0.2) is 0 Å². The number of benzene rings is 1. The van der Waals surface area contributed by atoms with Gasteiger partial charge in [0.25, 0.3) is 0 Å². The van der Waals surface area contributed by atoms with E-state index in [0.717, 1.165) is 6.92 Å². The molecule has 0 amide bonds. The molecule has 1 heterocycles. The Bertz CT molecular complexity index is 555. The van der Waals surface area contributed by atoms with E-state index in [9.17, 15) is 25.0 Å². The highest BCUT2D eigenvalue weighted by Crippen LogP contribution is 2.33. The van der Waals surface area contributed by atoms with Crippen molar-refractivity contribution in [3.05, 3.63) is 56.1 Å². The van der Waals surface area contributed by atoms with Crippen LogP contribution in [0.4, 0.5) is 0 Å². The predicted octanol–water partition coefficient (Wildman–Crippen LogP) is 1.54. The van der Waals surface area contributed by atoms with Crippen molar-refractivity contribution in [1.29, 1.82) is 0 Å². The third-order valence-electron chi connectivity index (χ3n) is 3.68. The van der Waals surface area contributed by atoms with Crippen LogP contribution in [-0.4, -0.2) is 34.0 Å². The Morgan fingerprint density at radius 2 is 1.86 bits per heavy atom. The standard InChI is InChI=1S/C13H14N2O6/c1-13(14(17)18,15(19)20)11(7-10-8-21-10)12(16)9-5-3-2-4-6-9/h2-6,10-11H,7-8H2,1H3. The number of ketones is 1. The second-order valence-corrected chi connectivity index (χ2v) is 5.08. The summed E-state index contributed by atoms with van der Waals surface area (Å²) in [6.45, 7) is 1.24. The predicted molar refractivity (Wildman–Crippen MR) is 71.0 cm³/mol. The highest BCUT2D eigenvalue weighted by atomic mass is 16.7. The molecule has 1 fully saturated rings. The Labute approximate surface area is 120 Å². The summed E-state index contributed by atoms with van der Waals surface area (Å²) in [4.78, 5) is 32.9. The highest BCUT2D eigenvalue weighted by Gasteiger charge is 2.62. The van der Waals surface area contributed by atoms with Crippen molar-refractivity contribution in [2.45, 2.75) is 25.1 Å². The lowest BCUT2D eigenvalue weighted by Gasteiger charge is -2.21. The number of nitrogens with zero attached hydrogens (tertiary/aromatic N) is 2. The van der Waals surface area contributed by atoms with Gasteiger partial charge in [0.2, 0.25) is 0 Å². The number of epoxide rings is 1. The molecule has 2 unspecified atom stereocenters. The van der Waals surface area contributed by atoms with Crippen molar-refractivity contribution in [3.63, 3.8) is 0 Å². The van der Waals surface area contributed by atoms with E-state index in [4.69, 9.17) is 4.74 Å². The lowest BCUT2D eigenvalue weighted by atomic mass is 9.83. The Hall–Kier alpha value is -2.35. The van der Waals surface area contributed by atoms with Gasteiger partial charge in [0.1, 0.15) is 0 Å². The van der Waals surface area contributed by atoms with Crippen LogP contribution in [0.25, 0.3) is 0 Å². The van der Waals surface area contributed by atoms with Gasteiger partial charge in [-0.15, -0.1) is 0 Å². The quantitative estimate of drug-likeness (QED) is 0.247. The van der Waals surface area contributed by atoms with E-state index in [2.05, 4.69) is 0 Å². The van der Waals surface area contributed by atoms with Crippen LogP contribution in [0.3, 0.4) is 0 Å². The molecule has 0 radical (unpaired) electrons. The van der Waals surface area contributed by atoms with Gasteiger partial charge in [0.05, 0.1) is 29.5 Å². The third-order valence-corrected chi connectivity index (χ3v) is 3.68. The Balaban J connectivity index is 2.39. The van der Waals surface area contributed by atoms with E-state index in [-0.39, 0.29) is 18.1 Å². The lowest BCUT2D eigenvalue weighted by Crippen LogP contribution is -2.53. The Morgan fingerprint density at radius 3 is 2.29 bits per heavy atom. The van der Waals surface area contributed by atoms with E-state index in [1.54, 1.807) is 18.2 Å². The van der Waals surface area contributed by atoms with Crippen LogP contribution in [0.5, 0.6) is 0 Å². The van der Waals surface area contributed by atoms with Gasteiger partial charge in [0, 0.05) is 12.0 Å². The molecule has 1 aromatic rings. The molecule has 0 aliphatic carbocycles. The van der Waals surface area contributed by atoms with Crippen LogP contribution >= 0.6 is 0 Å². The number of ether oxygens (including phenoxy) is 1. The van der Waals surface area contributed by atoms with Crippen LogP contribution in [0.15, 0.2) is 30.3 Å². The molecule has 0 N–H and O–H groups in total. The average Bonchev–Trinajstić information content (AvgIpc) is 3.27. The minimum atomic E-state index is -2.57.